The smallest absolute Gasteiger partial charge is 0.243 e. The van der Waals surface area contributed by atoms with Crippen molar-refractivity contribution in [3.05, 3.63) is 77.9 Å². The molecule has 1 unspecified atom stereocenters. The van der Waals surface area contributed by atoms with Gasteiger partial charge in [-0.15, -0.1) is 0 Å². The lowest BCUT2D eigenvalue weighted by Gasteiger charge is -2.28. The molecule has 30 heavy (non-hydrogen) atoms. The van der Waals surface area contributed by atoms with E-state index in [1.165, 1.54) is 0 Å². The highest BCUT2D eigenvalue weighted by atomic mass is 32.2. The van der Waals surface area contributed by atoms with Gasteiger partial charge in [-0.25, -0.2) is 13.4 Å². The van der Waals surface area contributed by atoms with Crippen molar-refractivity contribution in [2.75, 3.05) is 10.6 Å². The summed E-state index contributed by atoms with van der Waals surface area (Å²) >= 11 is 0. The molecule has 1 N–H and O–H groups in total. The average molecular weight is 427 g/mol. The highest BCUT2D eigenvalue weighted by molar-refractivity contribution is 7.92. The highest BCUT2D eigenvalue weighted by Crippen LogP contribution is 2.23. The molecule has 8 heteroatoms. The summed E-state index contributed by atoms with van der Waals surface area (Å²) in [5, 5.41) is 2.84. The molecule has 0 saturated carbocycles. The van der Waals surface area contributed by atoms with Gasteiger partial charge in [0.05, 0.1) is 18.3 Å². The fraction of sp³-hybridized carbons (Fsp3) is 0.273. The number of sulfonamides is 1. The van der Waals surface area contributed by atoms with E-state index in [-0.39, 0.29) is 5.91 Å². The SMILES string of the molecule is Cc1ccc(N(C(C)C(=O)NCc2ccc(-n3ccnc3)cc2)S(C)(=O)=O)cc1C. The Balaban J connectivity index is 1.71. The van der Waals surface area contributed by atoms with E-state index in [0.717, 1.165) is 32.9 Å². The zero-order chi connectivity index (χ0) is 21.9. The summed E-state index contributed by atoms with van der Waals surface area (Å²) in [6.45, 7) is 5.77. The summed E-state index contributed by atoms with van der Waals surface area (Å²) in [6.07, 6.45) is 6.38. The van der Waals surface area contributed by atoms with Crippen molar-refractivity contribution < 1.29 is 13.2 Å². The maximum atomic E-state index is 12.8. The third-order valence-corrected chi connectivity index (χ3v) is 6.28. The number of imidazole rings is 1. The minimum Gasteiger partial charge on any atom is -0.350 e. The predicted molar refractivity (Wildman–Crippen MR) is 118 cm³/mol. The summed E-state index contributed by atoms with van der Waals surface area (Å²) in [5.41, 5.74) is 4.38. The molecule has 3 rings (SSSR count). The molecule has 0 aliphatic heterocycles. The molecule has 0 aliphatic rings. The molecule has 0 saturated heterocycles. The van der Waals surface area contributed by atoms with Crippen LogP contribution in [0.5, 0.6) is 0 Å². The number of hydrogen-bond acceptors (Lipinski definition) is 4. The van der Waals surface area contributed by atoms with Gasteiger partial charge in [0, 0.05) is 24.6 Å². The third-order valence-electron chi connectivity index (χ3n) is 5.04. The van der Waals surface area contributed by atoms with Crippen LogP contribution in [0.15, 0.2) is 61.2 Å². The second kappa shape index (κ2) is 8.71. The molecule has 3 aromatic rings. The number of hydrogen-bond donors (Lipinski definition) is 1. The van der Waals surface area contributed by atoms with Gasteiger partial charge in [0.1, 0.15) is 6.04 Å². The molecule has 1 heterocycles. The lowest BCUT2D eigenvalue weighted by atomic mass is 10.1. The van der Waals surface area contributed by atoms with Crippen molar-refractivity contribution in [3.63, 3.8) is 0 Å². The Morgan fingerprint density at radius 2 is 1.83 bits per heavy atom. The molecule has 0 bridgehead atoms. The lowest BCUT2D eigenvalue weighted by Crippen LogP contribution is -2.47. The third kappa shape index (κ3) is 4.88. The predicted octanol–water partition coefficient (Wildman–Crippen LogP) is 2.96. The monoisotopic (exact) mass is 426 g/mol. The quantitative estimate of drug-likeness (QED) is 0.630. The number of nitrogens with zero attached hydrogens (tertiary/aromatic N) is 3. The van der Waals surface area contributed by atoms with Crippen LogP contribution < -0.4 is 9.62 Å². The summed E-state index contributed by atoms with van der Waals surface area (Å²) in [4.78, 5) is 16.8. The Kier molecular flexibility index (Phi) is 6.26. The van der Waals surface area contributed by atoms with Crippen molar-refractivity contribution in [1.82, 2.24) is 14.9 Å². The maximum Gasteiger partial charge on any atom is 0.243 e. The molecular weight excluding hydrogens is 400 g/mol. The van der Waals surface area contributed by atoms with Crippen LogP contribution in [0, 0.1) is 13.8 Å². The van der Waals surface area contributed by atoms with Crippen LogP contribution in [-0.4, -0.2) is 36.2 Å². The van der Waals surface area contributed by atoms with Gasteiger partial charge in [0.25, 0.3) is 0 Å². The van der Waals surface area contributed by atoms with E-state index >= 15 is 0 Å². The Hall–Kier alpha value is -3.13. The van der Waals surface area contributed by atoms with Crippen LogP contribution in [0.2, 0.25) is 0 Å². The molecule has 0 spiro atoms. The van der Waals surface area contributed by atoms with Crippen LogP contribution in [0.4, 0.5) is 5.69 Å². The number of carbonyl (C=O) groups is 1. The first-order valence-corrected chi connectivity index (χ1v) is 11.4. The molecule has 1 aromatic heterocycles. The molecule has 0 radical (unpaired) electrons. The second-order valence-electron chi connectivity index (χ2n) is 7.36. The number of amides is 1. The Bertz CT molecular complexity index is 1120. The van der Waals surface area contributed by atoms with Crippen LogP contribution in [0.25, 0.3) is 5.69 Å². The molecule has 158 valence electrons. The molecule has 0 fully saturated rings. The topological polar surface area (TPSA) is 84.3 Å². The Morgan fingerprint density at radius 3 is 2.40 bits per heavy atom. The first-order valence-electron chi connectivity index (χ1n) is 9.58. The van der Waals surface area contributed by atoms with Gasteiger partial charge in [-0.05, 0) is 61.7 Å². The van der Waals surface area contributed by atoms with E-state index in [1.807, 2.05) is 54.9 Å². The van der Waals surface area contributed by atoms with E-state index < -0.39 is 16.1 Å². The number of aryl methyl sites for hydroxylation is 2. The molecule has 7 nitrogen and oxygen atoms in total. The van der Waals surface area contributed by atoms with Gasteiger partial charge in [-0.3, -0.25) is 9.10 Å². The van der Waals surface area contributed by atoms with Gasteiger partial charge in [0.2, 0.25) is 15.9 Å². The Morgan fingerprint density at radius 1 is 1.13 bits per heavy atom. The van der Waals surface area contributed by atoms with Crippen LogP contribution in [0.3, 0.4) is 0 Å². The van der Waals surface area contributed by atoms with E-state index in [0.29, 0.717) is 12.2 Å². The lowest BCUT2D eigenvalue weighted by molar-refractivity contribution is -0.122. The average Bonchev–Trinajstić information content (AvgIpc) is 3.23. The van der Waals surface area contributed by atoms with E-state index in [4.69, 9.17) is 0 Å². The summed E-state index contributed by atoms with van der Waals surface area (Å²) < 4.78 is 27.9. The normalized spacial score (nSPS) is 12.4. The molecule has 2 aromatic carbocycles. The van der Waals surface area contributed by atoms with Crippen molar-refractivity contribution >= 4 is 21.6 Å². The van der Waals surface area contributed by atoms with Crippen LogP contribution in [0.1, 0.15) is 23.6 Å². The maximum absolute atomic E-state index is 12.8. The summed E-state index contributed by atoms with van der Waals surface area (Å²) in [5.74, 6) is -0.364. The molecule has 1 amide bonds. The van der Waals surface area contributed by atoms with Gasteiger partial charge in [0.15, 0.2) is 0 Å². The van der Waals surface area contributed by atoms with E-state index in [2.05, 4.69) is 10.3 Å². The van der Waals surface area contributed by atoms with Crippen molar-refractivity contribution in [3.8, 4) is 5.69 Å². The van der Waals surface area contributed by atoms with E-state index in [9.17, 15) is 13.2 Å². The standard InChI is InChI=1S/C22H26N4O3S/c1-16-5-8-21(13-17(16)2)26(30(4,28)29)18(3)22(27)24-14-19-6-9-20(10-7-19)25-12-11-23-15-25/h5-13,15,18H,14H2,1-4H3,(H,24,27). The van der Waals surface area contributed by atoms with Crippen molar-refractivity contribution in [1.29, 1.82) is 0 Å². The number of carbonyl (C=O) groups excluding carboxylic acids is 1. The summed E-state index contributed by atoms with van der Waals surface area (Å²) in [7, 11) is -3.64. The van der Waals surface area contributed by atoms with Crippen LogP contribution >= 0.6 is 0 Å². The highest BCUT2D eigenvalue weighted by Gasteiger charge is 2.29. The number of rotatable bonds is 7. The molecular formula is C22H26N4O3S. The van der Waals surface area contributed by atoms with E-state index in [1.54, 1.807) is 31.6 Å². The van der Waals surface area contributed by atoms with Crippen molar-refractivity contribution in [2.45, 2.75) is 33.4 Å². The zero-order valence-electron chi connectivity index (χ0n) is 17.5. The van der Waals surface area contributed by atoms with Crippen LogP contribution in [-0.2, 0) is 21.4 Å². The largest absolute Gasteiger partial charge is 0.350 e. The number of aromatic nitrogens is 2. The summed E-state index contributed by atoms with van der Waals surface area (Å²) in [6, 6.07) is 12.2. The second-order valence-corrected chi connectivity index (χ2v) is 9.22. The Labute approximate surface area is 177 Å². The van der Waals surface area contributed by atoms with Crippen molar-refractivity contribution in [2.24, 2.45) is 0 Å². The first-order chi connectivity index (χ1) is 14.2. The zero-order valence-corrected chi connectivity index (χ0v) is 18.3. The van der Waals surface area contributed by atoms with Gasteiger partial charge < -0.3 is 9.88 Å². The minimum absolute atomic E-state index is 0.303. The fourth-order valence-corrected chi connectivity index (χ4v) is 4.37. The number of anilines is 1. The first kappa shape index (κ1) is 21.6. The fourth-order valence-electron chi connectivity index (χ4n) is 3.21. The minimum atomic E-state index is -3.64. The van der Waals surface area contributed by atoms with Gasteiger partial charge in [-0.2, -0.15) is 0 Å². The number of nitrogens with one attached hydrogen (secondary N) is 1. The van der Waals surface area contributed by atoms with Gasteiger partial charge >= 0.3 is 0 Å². The van der Waals surface area contributed by atoms with Gasteiger partial charge in [-0.1, -0.05) is 18.2 Å². The molecule has 0 aliphatic carbocycles. The molecule has 1 atom stereocenters. The number of benzene rings is 2.